The van der Waals surface area contributed by atoms with Gasteiger partial charge in [0.2, 0.25) is 0 Å². The number of nitrogens with zero attached hydrogens (tertiary/aromatic N) is 2. The van der Waals surface area contributed by atoms with Crippen LogP contribution in [0.25, 0.3) is 10.6 Å². The summed E-state index contributed by atoms with van der Waals surface area (Å²) in [4.78, 5) is 5.97. The smallest absolute Gasteiger partial charge is 0.123 e. The zero-order chi connectivity index (χ0) is 16.4. The Morgan fingerprint density at radius 2 is 2.00 bits per heavy atom. The minimum absolute atomic E-state index is 0.239. The second-order valence-corrected chi connectivity index (χ2v) is 7.07. The maximum atomic E-state index is 5.95. The summed E-state index contributed by atoms with van der Waals surface area (Å²) in [6.07, 6.45) is 1.87. The van der Waals surface area contributed by atoms with Crippen LogP contribution in [0.2, 0.25) is 5.02 Å². The summed E-state index contributed by atoms with van der Waals surface area (Å²) in [7, 11) is 0. The van der Waals surface area contributed by atoms with Crippen molar-refractivity contribution in [1.29, 1.82) is 0 Å². The van der Waals surface area contributed by atoms with Crippen LogP contribution in [0.3, 0.4) is 0 Å². The third kappa shape index (κ3) is 3.63. The Labute approximate surface area is 144 Å². The van der Waals surface area contributed by atoms with Gasteiger partial charge in [0.15, 0.2) is 0 Å². The van der Waals surface area contributed by atoms with Gasteiger partial charge < -0.3 is 5.32 Å². The lowest BCUT2D eigenvalue weighted by atomic mass is 10.2. The third-order valence-corrected chi connectivity index (χ3v) is 5.49. The van der Waals surface area contributed by atoms with Crippen molar-refractivity contribution in [2.75, 3.05) is 0 Å². The average Bonchev–Trinajstić information content (AvgIpc) is 3.11. The first-order valence-corrected chi connectivity index (χ1v) is 8.69. The molecule has 2 heterocycles. The molecule has 1 atom stereocenters. The molecule has 0 spiro atoms. The quantitative estimate of drug-likeness (QED) is 0.706. The van der Waals surface area contributed by atoms with E-state index in [1.165, 1.54) is 10.4 Å². The van der Waals surface area contributed by atoms with Crippen molar-refractivity contribution >= 4 is 22.9 Å². The van der Waals surface area contributed by atoms with E-state index < -0.39 is 0 Å². The molecule has 0 fully saturated rings. The van der Waals surface area contributed by atoms with E-state index in [1.54, 1.807) is 11.3 Å². The molecular formula is C17H19ClN4S. The average molecular weight is 347 g/mol. The largest absolute Gasteiger partial charge is 0.305 e. The maximum Gasteiger partial charge on any atom is 0.123 e. The summed E-state index contributed by atoms with van der Waals surface area (Å²) >= 11 is 7.68. The number of aromatic nitrogens is 3. The van der Waals surface area contributed by atoms with Crippen molar-refractivity contribution in [2.45, 2.75) is 33.4 Å². The molecule has 1 aromatic carbocycles. The minimum Gasteiger partial charge on any atom is -0.305 e. The van der Waals surface area contributed by atoms with Crippen LogP contribution in [0.15, 0.2) is 30.5 Å². The normalized spacial score (nSPS) is 12.5. The number of aryl methyl sites for hydroxylation is 2. The molecule has 0 bridgehead atoms. The van der Waals surface area contributed by atoms with Crippen molar-refractivity contribution in [3.63, 3.8) is 0 Å². The van der Waals surface area contributed by atoms with Crippen LogP contribution in [-0.2, 0) is 6.54 Å². The van der Waals surface area contributed by atoms with E-state index in [2.05, 4.69) is 29.4 Å². The highest BCUT2D eigenvalue weighted by molar-refractivity contribution is 7.15. The minimum atomic E-state index is 0.239. The third-order valence-electron chi connectivity index (χ3n) is 3.85. The molecule has 0 aliphatic heterocycles. The van der Waals surface area contributed by atoms with Crippen LogP contribution in [0, 0.1) is 13.8 Å². The molecule has 0 aliphatic rings. The van der Waals surface area contributed by atoms with Crippen LogP contribution in [0.5, 0.6) is 0 Å². The number of H-pyrrole nitrogens is 1. The van der Waals surface area contributed by atoms with Gasteiger partial charge >= 0.3 is 0 Å². The molecule has 0 aliphatic carbocycles. The molecule has 23 heavy (non-hydrogen) atoms. The summed E-state index contributed by atoms with van der Waals surface area (Å²) < 4.78 is 0. The Morgan fingerprint density at radius 3 is 2.65 bits per heavy atom. The lowest BCUT2D eigenvalue weighted by Gasteiger charge is -2.12. The Hall–Kier alpha value is -1.69. The van der Waals surface area contributed by atoms with Gasteiger partial charge in [-0.2, -0.15) is 5.10 Å². The summed E-state index contributed by atoms with van der Waals surface area (Å²) in [5.74, 6) is 0. The van der Waals surface area contributed by atoms with E-state index in [4.69, 9.17) is 16.6 Å². The maximum absolute atomic E-state index is 5.95. The molecule has 1 unspecified atom stereocenters. The monoisotopic (exact) mass is 346 g/mol. The van der Waals surface area contributed by atoms with Gasteiger partial charge in [-0.05, 0) is 32.9 Å². The van der Waals surface area contributed by atoms with Gasteiger partial charge in [0.25, 0.3) is 0 Å². The van der Waals surface area contributed by atoms with Gasteiger partial charge in [0.05, 0.1) is 11.9 Å². The highest BCUT2D eigenvalue weighted by Gasteiger charge is 2.15. The van der Waals surface area contributed by atoms with Crippen LogP contribution in [-0.4, -0.2) is 15.2 Å². The number of nitrogens with one attached hydrogen (secondary N) is 2. The predicted octanol–water partition coefficient (Wildman–Crippen LogP) is 4.65. The summed E-state index contributed by atoms with van der Waals surface area (Å²) in [5.41, 5.74) is 4.47. The van der Waals surface area contributed by atoms with Gasteiger partial charge in [-0.3, -0.25) is 5.10 Å². The van der Waals surface area contributed by atoms with Gasteiger partial charge in [0.1, 0.15) is 5.01 Å². The fourth-order valence-electron chi connectivity index (χ4n) is 2.44. The van der Waals surface area contributed by atoms with Gasteiger partial charge in [0, 0.05) is 39.3 Å². The SMILES string of the molecule is Cc1nc(-c2ccc(Cl)cc2)sc1C(C)NCc1cn[nH]c1C. The molecular weight excluding hydrogens is 328 g/mol. The molecule has 0 amide bonds. The van der Waals surface area contributed by atoms with Crippen LogP contribution >= 0.6 is 22.9 Å². The number of hydrogen-bond acceptors (Lipinski definition) is 4. The molecule has 3 aromatic rings. The Kier molecular flexibility index (Phi) is 4.80. The lowest BCUT2D eigenvalue weighted by molar-refractivity contribution is 0.578. The van der Waals surface area contributed by atoms with Crippen LogP contribution < -0.4 is 5.32 Å². The zero-order valence-electron chi connectivity index (χ0n) is 13.4. The van der Waals surface area contributed by atoms with E-state index in [0.29, 0.717) is 0 Å². The predicted molar refractivity (Wildman–Crippen MR) is 95.9 cm³/mol. The lowest BCUT2D eigenvalue weighted by Crippen LogP contribution is -2.18. The number of thiazole rings is 1. The van der Waals surface area contributed by atoms with E-state index >= 15 is 0 Å². The molecule has 6 heteroatoms. The first-order valence-electron chi connectivity index (χ1n) is 7.50. The van der Waals surface area contributed by atoms with Crippen molar-refractivity contribution < 1.29 is 0 Å². The second kappa shape index (κ2) is 6.83. The summed E-state index contributed by atoms with van der Waals surface area (Å²) in [5, 5.41) is 12.3. The molecule has 3 rings (SSSR count). The molecule has 2 N–H and O–H groups in total. The summed E-state index contributed by atoms with van der Waals surface area (Å²) in [6, 6.07) is 8.06. The Bertz CT molecular complexity index is 791. The van der Waals surface area contributed by atoms with Crippen molar-refractivity contribution in [3.8, 4) is 10.6 Å². The highest BCUT2D eigenvalue weighted by Crippen LogP contribution is 2.32. The first-order chi connectivity index (χ1) is 11.0. The second-order valence-electron chi connectivity index (χ2n) is 5.60. The number of aromatic amines is 1. The van der Waals surface area contributed by atoms with E-state index in [1.807, 2.05) is 37.4 Å². The van der Waals surface area contributed by atoms with Crippen LogP contribution in [0.4, 0.5) is 0 Å². The van der Waals surface area contributed by atoms with Crippen molar-refractivity contribution in [1.82, 2.24) is 20.5 Å². The van der Waals surface area contributed by atoms with E-state index in [0.717, 1.165) is 33.5 Å². The molecule has 2 aromatic heterocycles. The number of benzene rings is 1. The van der Waals surface area contributed by atoms with Crippen LogP contribution in [0.1, 0.15) is 34.8 Å². The number of halogens is 1. The van der Waals surface area contributed by atoms with Gasteiger partial charge in [-0.1, -0.05) is 23.7 Å². The highest BCUT2D eigenvalue weighted by atomic mass is 35.5. The Balaban J connectivity index is 1.75. The first kappa shape index (κ1) is 16.2. The fraction of sp³-hybridized carbons (Fsp3) is 0.294. The molecule has 120 valence electrons. The Morgan fingerprint density at radius 1 is 1.26 bits per heavy atom. The molecule has 0 radical (unpaired) electrons. The standard InChI is InChI=1S/C17H19ClN4S/c1-10-14(9-20-22-10)8-19-11(2)16-12(3)21-17(23-16)13-4-6-15(18)7-5-13/h4-7,9,11,19H,8H2,1-3H3,(H,20,22). The fourth-order valence-corrected chi connectivity index (χ4v) is 3.66. The topological polar surface area (TPSA) is 53.6 Å². The number of rotatable bonds is 5. The van der Waals surface area contributed by atoms with Gasteiger partial charge in [-0.25, -0.2) is 4.98 Å². The molecule has 0 saturated carbocycles. The summed E-state index contributed by atoms with van der Waals surface area (Å²) in [6.45, 7) is 7.05. The number of hydrogen-bond donors (Lipinski definition) is 2. The van der Waals surface area contributed by atoms with Crippen molar-refractivity contribution in [3.05, 3.63) is 57.3 Å². The van der Waals surface area contributed by atoms with E-state index in [-0.39, 0.29) is 6.04 Å². The molecule has 0 saturated heterocycles. The van der Waals surface area contributed by atoms with E-state index in [9.17, 15) is 0 Å². The zero-order valence-corrected chi connectivity index (χ0v) is 14.9. The molecule has 4 nitrogen and oxygen atoms in total. The van der Waals surface area contributed by atoms with Gasteiger partial charge in [-0.15, -0.1) is 11.3 Å². The van der Waals surface area contributed by atoms with Crippen molar-refractivity contribution in [2.24, 2.45) is 0 Å².